The first-order chi connectivity index (χ1) is 17.7. The topological polar surface area (TPSA) is 43.6 Å². The average Bonchev–Trinajstić information content (AvgIpc) is 3.23. The van der Waals surface area contributed by atoms with E-state index < -0.39 is 0 Å². The number of rotatable bonds is 4. The summed E-state index contributed by atoms with van der Waals surface area (Å²) in [6.07, 6.45) is 7.18. The Hall–Kier alpha value is -3.96. The van der Waals surface area contributed by atoms with Crippen molar-refractivity contribution in [1.29, 1.82) is 0 Å². The first kappa shape index (κ1) is 22.5. The number of nitrogens with zero attached hydrogens (tertiary/aromatic N) is 2. The average molecular weight is 491 g/mol. The van der Waals surface area contributed by atoms with Gasteiger partial charge in [0.1, 0.15) is 5.75 Å². The molecule has 6 rings (SSSR count). The molecule has 0 radical (unpaired) electrons. The second kappa shape index (κ2) is 9.59. The van der Waals surface area contributed by atoms with E-state index in [-0.39, 0.29) is 11.6 Å². The molecule has 5 heteroatoms. The second-order valence-electron chi connectivity index (χ2n) is 9.07. The van der Waals surface area contributed by atoms with Crippen LogP contribution in [0.4, 0.5) is 0 Å². The normalized spacial score (nSPS) is 18.5. The summed E-state index contributed by atoms with van der Waals surface area (Å²) in [6, 6.07) is 28.4. The maximum atomic E-state index is 13.8. The van der Waals surface area contributed by atoms with Crippen LogP contribution in [0.2, 0.25) is 0 Å². The highest BCUT2D eigenvalue weighted by Crippen LogP contribution is 2.40. The molecule has 2 aliphatic rings. The lowest BCUT2D eigenvalue weighted by atomic mass is 9.84. The maximum absolute atomic E-state index is 13.8. The van der Waals surface area contributed by atoms with Crippen LogP contribution in [-0.2, 0) is 0 Å². The minimum absolute atomic E-state index is 0.00846. The van der Waals surface area contributed by atoms with Gasteiger partial charge in [-0.1, -0.05) is 84.1 Å². The van der Waals surface area contributed by atoms with Crippen molar-refractivity contribution in [2.75, 3.05) is 7.11 Å². The van der Waals surface area contributed by atoms with Crippen molar-refractivity contribution >= 4 is 23.5 Å². The van der Waals surface area contributed by atoms with Gasteiger partial charge >= 0.3 is 0 Å². The van der Waals surface area contributed by atoms with E-state index in [4.69, 9.17) is 9.73 Å². The quantitative estimate of drug-likeness (QED) is 0.380. The molecule has 0 amide bonds. The van der Waals surface area contributed by atoms with E-state index in [9.17, 15) is 4.79 Å². The third-order valence-electron chi connectivity index (χ3n) is 6.80. The van der Waals surface area contributed by atoms with Gasteiger partial charge in [-0.15, -0.1) is 0 Å². The molecule has 4 nitrogen and oxygen atoms in total. The molecule has 0 bridgehead atoms. The van der Waals surface area contributed by atoms with Crippen LogP contribution < -0.4 is 19.6 Å². The Morgan fingerprint density at radius 1 is 0.889 bits per heavy atom. The third-order valence-corrected chi connectivity index (χ3v) is 7.79. The summed E-state index contributed by atoms with van der Waals surface area (Å²) in [4.78, 5) is 19.7. The molecule has 0 unspecified atom stereocenters. The van der Waals surface area contributed by atoms with Crippen LogP contribution in [0.3, 0.4) is 0 Å². The largest absolute Gasteiger partial charge is 0.497 e. The van der Waals surface area contributed by atoms with Crippen molar-refractivity contribution in [3.63, 3.8) is 0 Å². The zero-order chi connectivity index (χ0) is 24.5. The predicted octanol–water partition coefficient (Wildman–Crippen LogP) is 5.49. The predicted molar refractivity (Wildman–Crippen MR) is 146 cm³/mol. The zero-order valence-electron chi connectivity index (χ0n) is 20.1. The first-order valence-corrected chi connectivity index (χ1v) is 13.0. The lowest BCUT2D eigenvalue weighted by Gasteiger charge is -2.31. The van der Waals surface area contributed by atoms with Crippen LogP contribution in [0.1, 0.15) is 42.0 Å². The Balaban J connectivity index is 1.55. The molecule has 36 heavy (non-hydrogen) atoms. The van der Waals surface area contributed by atoms with Crippen LogP contribution in [0.5, 0.6) is 5.75 Å². The van der Waals surface area contributed by atoms with Gasteiger partial charge in [0.2, 0.25) is 0 Å². The Kier molecular flexibility index (Phi) is 5.99. The van der Waals surface area contributed by atoms with Crippen LogP contribution in [0, 0.1) is 0 Å². The van der Waals surface area contributed by atoms with Crippen LogP contribution in [0.25, 0.3) is 12.2 Å². The van der Waals surface area contributed by atoms with Gasteiger partial charge in [-0.3, -0.25) is 9.36 Å². The van der Waals surface area contributed by atoms with Crippen molar-refractivity contribution in [1.82, 2.24) is 4.57 Å². The number of hydrogen-bond donors (Lipinski definition) is 0. The molecule has 178 valence electrons. The lowest BCUT2D eigenvalue weighted by molar-refractivity contribution is 0.415. The van der Waals surface area contributed by atoms with Gasteiger partial charge in [0.05, 0.1) is 23.4 Å². The van der Waals surface area contributed by atoms with Gasteiger partial charge in [-0.2, -0.15) is 0 Å². The monoisotopic (exact) mass is 490 g/mol. The maximum Gasteiger partial charge on any atom is 0.271 e. The summed E-state index contributed by atoms with van der Waals surface area (Å²) in [6.45, 7) is 0. The minimum Gasteiger partial charge on any atom is -0.497 e. The summed E-state index contributed by atoms with van der Waals surface area (Å²) in [5.74, 6) is 0.795. The molecule has 2 heterocycles. The molecular formula is C31H26N2O2S. The lowest BCUT2D eigenvalue weighted by Crippen LogP contribution is -2.39. The summed E-state index contributed by atoms with van der Waals surface area (Å²) in [5.41, 5.74) is 6.80. The molecule has 0 fully saturated rings. The van der Waals surface area contributed by atoms with Gasteiger partial charge in [0.25, 0.3) is 5.56 Å². The molecule has 1 aliphatic carbocycles. The number of methoxy groups -OCH3 is 1. The number of ether oxygens (including phenoxy) is 1. The van der Waals surface area contributed by atoms with Crippen molar-refractivity contribution < 1.29 is 4.74 Å². The van der Waals surface area contributed by atoms with Gasteiger partial charge in [-0.25, -0.2) is 4.99 Å². The van der Waals surface area contributed by atoms with E-state index in [1.165, 1.54) is 28.0 Å². The van der Waals surface area contributed by atoms with Crippen molar-refractivity contribution in [3.8, 4) is 5.75 Å². The van der Waals surface area contributed by atoms with E-state index in [0.717, 1.165) is 46.6 Å². The van der Waals surface area contributed by atoms with Crippen LogP contribution in [0.15, 0.2) is 112 Å². The molecule has 0 spiro atoms. The number of hydrogen-bond acceptors (Lipinski definition) is 4. The minimum atomic E-state index is -0.144. The fourth-order valence-corrected chi connectivity index (χ4v) is 6.10. The Morgan fingerprint density at radius 3 is 2.31 bits per heavy atom. The molecule has 0 saturated heterocycles. The number of benzene rings is 3. The van der Waals surface area contributed by atoms with Gasteiger partial charge in [0.15, 0.2) is 4.80 Å². The standard InChI is InChI=1S/C31H26N2O2S/c1-35-25-17-15-22(16-18-25)20-27-30(34)33-29(23-11-6-3-7-12-23)26-14-8-13-24(28(26)32-31(33)36-27)19-21-9-4-2-5-10-21/h2-7,9-12,15-20,29H,8,13-14H2,1H3/b24-19+,27-20?/t29-/m1/s1. The van der Waals surface area contributed by atoms with E-state index in [0.29, 0.717) is 4.53 Å². The third kappa shape index (κ3) is 4.16. The van der Waals surface area contributed by atoms with Crippen molar-refractivity contribution in [3.05, 3.63) is 138 Å². The summed E-state index contributed by atoms with van der Waals surface area (Å²) in [5, 5.41) is 0. The molecule has 1 aliphatic heterocycles. The summed E-state index contributed by atoms with van der Waals surface area (Å²) < 4.78 is 7.87. The second-order valence-corrected chi connectivity index (χ2v) is 10.1. The number of allylic oxidation sites excluding steroid dienone is 2. The number of thiazole rings is 1. The van der Waals surface area contributed by atoms with Crippen molar-refractivity contribution in [2.24, 2.45) is 4.99 Å². The first-order valence-electron chi connectivity index (χ1n) is 12.2. The van der Waals surface area contributed by atoms with E-state index in [1.807, 2.05) is 59.2 Å². The fourth-order valence-electron chi connectivity index (χ4n) is 5.09. The molecular weight excluding hydrogens is 464 g/mol. The highest BCUT2D eigenvalue weighted by Gasteiger charge is 2.32. The Morgan fingerprint density at radius 2 is 1.58 bits per heavy atom. The summed E-state index contributed by atoms with van der Waals surface area (Å²) in [7, 11) is 1.65. The van der Waals surface area contributed by atoms with E-state index >= 15 is 0 Å². The molecule has 0 N–H and O–H groups in total. The Labute approximate surface area is 213 Å². The van der Waals surface area contributed by atoms with Crippen LogP contribution in [-0.4, -0.2) is 11.7 Å². The van der Waals surface area contributed by atoms with Crippen LogP contribution >= 0.6 is 11.3 Å². The highest BCUT2D eigenvalue weighted by molar-refractivity contribution is 7.07. The summed E-state index contributed by atoms with van der Waals surface area (Å²) >= 11 is 1.46. The highest BCUT2D eigenvalue weighted by atomic mass is 32.1. The number of aromatic nitrogens is 1. The van der Waals surface area contributed by atoms with Gasteiger partial charge in [-0.05, 0) is 71.4 Å². The van der Waals surface area contributed by atoms with Crippen molar-refractivity contribution in [2.45, 2.75) is 25.3 Å². The molecule has 4 aromatic rings. The fraction of sp³-hybridized carbons (Fsp3) is 0.161. The van der Waals surface area contributed by atoms with E-state index in [1.54, 1.807) is 7.11 Å². The SMILES string of the molecule is COc1ccc(C=c2sc3n(c2=O)[C@H](c2ccccc2)C2=C(N=3)/C(=C/c3ccccc3)CCC2)cc1. The smallest absolute Gasteiger partial charge is 0.271 e. The molecule has 1 atom stereocenters. The van der Waals surface area contributed by atoms with Gasteiger partial charge in [0, 0.05) is 0 Å². The van der Waals surface area contributed by atoms with Gasteiger partial charge < -0.3 is 4.74 Å². The molecule has 0 saturated carbocycles. The number of fused-ring (bicyclic) bond motifs is 1. The van der Waals surface area contributed by atoms with E-state index in [2.05, 4.69) is 42.5 Å². The zero-order valence-corrected chi connectivity index (χ0v) is 20.9. The molecule has 1 aromatic heterocycles. The molecule has 3 aromatic carbocycles. The Bertz CT molecular complexity index is 1640.